The highest BCUT2D eigenvalue weighted by Crippen LogP contribution is 2.14. The van der Waals surface area contributed by atoms with E-state index in [9.17, 15) is 4.79 Å². The number of hydrogen-bond donors (Lipinski definition) is 2. The van der Waals surface area contributed by atoms with Crippen molar-refractivity contribution in [1.29, 1.82) is 0 Å². The maximum Gasteiger partial charge on any atom is 0.240 e. The predicted molar refractivity (Wildman–Crippen MR) is 70.1 cm³/mol. The Balaban J connectivity index is 0.00000128. The van der Waals surface area contributed by atoms with Gasteiger partial charge in [0.1, 0.15) is 0 Å². The number of carbonyl (C=O) groups is 1. The number of nitrogens with zero attached hydrogens (tertiary/aromatic N) is 1. The van der Waals surface area contributed by atoms with E-state index in [1.807, 2.05) is 4.90 Å². The number of thioether (sulfide) groups is 1. The van der Waals surface area contributed by atoms with Gasteiger partial charge in [0.05, 0.1) is 6.04 Å². The molecular weight excluding hydrogens is 246 g/mol. The Morgan fingerprint density at radius 1 is 1.31 bits per heavy atom. The number of rotatable bonds is 1. The van der Waals surface area contributed by atoms with E-state index in [0.29, 0.717) is 12.1 Å². The number of hydrogen-bond acceptors (Lipinski definition) is 4. The fraction of sp³-hybridized carbons (Fsp3) is 0.900. The van der Waals surface area contributed by atoms with Gasteiger partial charge in [-0.05, 0) is 13.8 Å². The first-order chi connectivity index (χ1) is 7.16. The first-order valence-electron chi connectivity index (χ1n) is 5.53. The molecule has 2 aliphatic rings. The van der Waals surface area contributed by atoms with Crippen LogP contribution in [0.5, 0.6) is 0 Å². The molecule has 0 aromatic carbocycles. The van der Waals surface area contributed by atoms with Gasteiger partial charge < -0.3 is 10.2 Å². The summed E-state index contributed by atoms with van der Waals surface area (Å²) in [7, 11) is 0. The van der Waals surface area contributed by atoms with Gasteiger partial charge in [-0.25, -0.2) is 0 Å². The van der Waals surface area contributed by atoms with E-state index in [-0.39, 0.29) is 24.4 Å². The van der Waals surface area contributed by atoms with Crippen LogP contribution in [0.15, 0.2) is 0 Å². The zero-order valence-corrected chi connectivity index (χ0v) is 11.4. The summed E-state index contributed by atoms with van der Waals surface area (Å²) in [5.74, 6) is 2.11. The van der Waals surface area contributed by atoms with Crippen molar-refractivity contribution in [2.45, 2.75) is 32.0 Å². The molecular formula is C10H20ClN3OS. The quantitative estimate of drug-likeness (QED) is 0.715. The lowest BCUT2D eigenvalue weighted by Gasteiger charge is -2.37. The molecule has 0 spiro atoms. The lowest BCUT2D eigenvalue weighted by atomic mass is 10.1. The van der Waals surface area contributed by atoms with Gasteiger partial charge in [0.15, 0.2) is 0 Å². The van der Waals surface area contributed by atoms with Crippen molar-refractivity contribution in [3.63, 3.8) is 0 Å². The lowest BCUT2D eigenvalue weighted by Crippen LogP contribution is -2.58. The van der Waals surface area contributed by atoms with Gasteiger partial charge in [0, 0.05) is 36.8 Å². The summed E-state index contributed by atoms with van der Waals surface area (Å²) >= 11 is 1.80. The van der Waals surface area contributed by atoms with Crippen molar-refractivity contribution in [3.05, 3.63) is 0 Å². The molecule has 0 aromatic rings. The van der Waals surface area contributed by atoms with Crippen LogP contribution in [0.1, 0.15) is 13.8 Å². The molecule has 0 aliphatic carbocycles. The fourth-order valence-corrected chi connectivity index (χ4v) is 3.21. The van der Waals surface area contributed by atoms with E-state index in [4.69, 9.17) is 0 Å². The van der Waals surface area contributed by atoms with E-state index < -0.39 is 0 Å². The Morgan fingerprint density at radius 3 is 2.44 bits per heavy atom. The minimum absolute atomic E-state index is 0. The van der Waals surface area contributed by atoms with Crippen molar-refractivity contribution >= 4 is 30.1 Å². The first kappa shape index (κ1) is 14.1. The molecule has 2 heterocycles. The van der Waals surface area contributed by atoms with Gasteiger partial charge in [-0.2, -0.15) is 0 Å². The van der Waals surface area contributed by atoms with Gasteiger partial charge in [0.2, 0.25) is 5.91 Å². The second-order valence-corrected chi connectivity index (χ2v) is 5.51. The van der Waals surface area contributed by atoms with E-state index in [1.165, 1.54) is 0 Å². The van der Waals surface area contributed by atoms with Crippen LogP contribution in [0.4, 0.5) is 0 Å². The SMILES string of the molecule is CC1CN(C(=O)C2CSCN2)CC(C)N1.Cl. The van der Waals surface area contributed by atoms with Crippen molar-refractivity contribution in [2.75, 3.05) is 24.7 Å². The summed E-state index contributed by atoms with van der Waals surface area (Å²) in [6.07, 6.45) is 0. The highest BCUT2D eigenvalue weighted by molar-refractivity contribution is 7.99. The highest BCUT2D eigenvalue weighted by atomic mass is 35.5. The topological polar surface area (TPSA) is 44.4 Å². The number of piperazine rings is 1. The molecule has 2 fully saturated rings. The number of carbonyl (C=O) groups excluding carboxylic acids is 1. The zero-order chi connectivity index (χ0) is 10.8. The van der Waals surface area contributed by atoms with E-state index in [2.05, 4.69) is 24.5 Å². The molecule has 3 unspecified atom stereocenters. The van der Waals surface area contributed by atoms with Crippen LogP contribution < -0.4 is 10.6 Å². The Labute approximate surface area is 107 Å². The largest absolute Gasteiger partial charge is 0.338 e. The number of amides is 1. The molecule has 94 valence electrons. The van der Waals surface area contributed by atoms with Gasteiger partial charge in [-0.3, -0.25) is 10.1 Å². The van der Waals surface area contributed by atoms with Crippen LogP contribution in [0.2, 0.25) is 0 Å². The van der Waals surface area contributed by atoms with Crippen molar-refractivity contribution < 1.29 is 4.79 Å². The molecule has 1 amide bonds. The molecule has 16 heavy (non-hydrogen) atoms. The molecule has 2 aliphatic heterocycles. The molecule has 0 bridgehead atoms. The minimum atomic E-state index is 0. The molecule has 2 saturated heterocycles. The van der Waals surface area contributed by atoms with E-state index in [0.717, 1.165) is 24.7 Å². The summed E-state index contributed by atoms with van der Waals surface area (Å²) in [4.78, 5) is 14.1. The molecule has 2 rings (SSSR count). The molecule has 4 nitrogen and oxygen atoms in total. The van der Waals surface area contributed by atoms with Crippen molar-refractivity contribution in [2.24, 2.45) is 0 Å². The van der Waals surface area contributed by atoms with Crippen LogP contribution in [-0.2, 0) is 4.79 Å². The Hall–Kier alpha value is 0.0300. The summed E-state index contributed by atoms with van der Waals surface area (Å²) in [5, 5.41) is 6.67. The van der Waals surface area contributed by atoms with Gasteiger partial charge >= 0.3 is 0 Å². The van der Waals surface area contributed by atoms with E-state index in [1.54, 1.807) is 11.8 Å². The van der Waals surface area contributed by atoms with E-state index >= 15 is 0 Å². The fourth-order valence-electron chi connectivity index (χ4n) is 2.28. The zero-order valence-electron chi connectivity index (χ0n) is 9.73. The summed E-state index contributed by atoms with van der Waals surface area (Å²) in [6.45, 7) is 5.94. The smallest absolute Gasteiger partial charge is 0.240 e. The van der Waals surface area contributed by atoms with Crippen LogP contribution in [0.3, 0.4) is 0 Å². The minimum Gasteiger partial charge on any atom is -0.338 e. The maximum absolute atomic E-state index is 12.1. The molecule has 0 radical (unpaired) electrons. The molecule has 3 atom stereocenters. The summed E-state index contributed by atoms with van der Waals surface area (Å²) in [6, 6.07) is 0.867. The third-order valence-corrected chi connectivity index (χ3v) is 3.82. The van der Waals surface area contributed by atoms with Crippen LogP contribution >= 0.6 is 24.2 Å². The Kier molecular flexibility index (Phi) is 5.37. The third-order valence-electron chi connectivity index (χ3n) is 2.88. The van der Waals surface area contributed by atoms with Gasteiger partial charge in [0.25, 0.3) is 0 Å². The highest BCUT2D eigenvalue weighted by Gasteiger charge is 2.31. The average molecular weight is 266 g/mol. The molecule has 2 N–H and O–H groups in total. The predicted octanol–water partition coefficient (Wildman–Crippen LogP) is 0.279. The van der Waals surface area contributed by atoms with Gasteiger partial charge in [-0.15, -0.1) is 24.2 Å². The maximum atomic E-state index is 12.1. The van der Waals surface area contributed by atoms with Crippen molar-refractivity contribution in [1.82, 2.24) is 15.5 Å². The molecule has 6 heteroatoms. The Morgan fingerprint density at radius 2 is 1.94 bits per heavy atom. The summed E-state index contributed by atoms with van der Waals surface area (Å²) < 4.78 is 0. The molecule has 0 aromatic heterocycles. The normalized spacial score (nSPS) is 34.6. The number of halogens is 1. The van der Waals surface area contributed by atoms with Crippen LogP contribution in [-0.4, -0.2) is 53.7 Å². The third kappa shape index (κ3) is 3.26. The average Bonchev–Trinajstić information content (AvgIpc) is 2.67. The first-order valence-corrected chi connectivity index (χ1v) is 6.68. The standard InChI is InChI=1S/C10H19N3OS.ClH/c1-7-3-13(4-8(2)12-7)10(14)9-5-15-6-11-9;/h7-9,11-12H,3-6H2,1-2H3;1H. The monoisotopic (exact) mass is 265 g/mol. The second-order valence-electron chi connectivity index (χ2n) is 4.48. The lowest BCUT2D eigenvalue weighted by molar-refractivity contribution is -0.134. The Bertz CT molecular complexity index is 238. The van der Waals surface area contributed by atoms with Crippen molar-refractivity contribution in [3.8, 4) is 0 Å². The molecule has 0 saturated carbocycles. The van der Waals surface area contributed by atoms with Gasteiger partial charge in [-0.1, -0.05) is 0 Å². The summed E-state index contributed by atoms with van der Waals surface area (Å²) in [5.41, 5.74) is 0. The second kappa shape index (κ2) is 6.10. The van der Waals surface area contributed by atoms with Crippen LogP contribution in [0.25, 0.3) is 0 Å². The number of nitrogens with one attached hydrogen (secondary N) is 2. The van der Waals surface area contributed by atoms with Crippen LogP contribution in [0, 0.1) is 0 Å².